The molecule has 92 valence electrons. The van der Waals surface area contributed by atoms with Crippen LogP contribution in [-0.2, 0) is 0 Å². The maximum atomic E-state index is 11.9. The van der Waals surface area contributed by atoms with E-state index in [0.717, 1.165) is 29.6 Å². The normalized spacial score (nSPS) is 22.3. The van der Waals surface area contributed by atoms with Crippen molar-refractivity contribution in [3.63, 3.8) is 0 Å². The van der Waals surface area contributed by atoms with E-state index in [9.17, 15) is 4.79 Å². The minimum Gasteiger partial charge on any atom is -0.374 e. The number of rotatable bonds is 5. The summed E-state index contributed by atoms with van der Waals surface area (Å²) in [5, 5.41) is 0. The summed E-state index contributed by atoms with van der Waals surface area (Å²) in [6, 6.07) is 7.94. The first-order valence-electron chi connectivity index (χ1n) is 6.46. The molecular weight excluding hydrogens is 210 g/mol. The van der Waals surface area contributed by atoms with Gasteiger partial charge in [0.25, 0.3) is 0 Å². The zero-order valence-corrected chi connectivity index (χ0v) is 10.9. The van der Waals surface area contributed by atoms with Gasteiger partial charge in [-0.15, -0.1) is 0 Å². The largest absolute Gasteiger partial charge is 0.374 e. The molecule has 0 saturated heterocycles. The second-order valence-corrected chi connectivity index (χ2v) is 5.15. The standard InChI is InChI=1S/C15H21NO/c1-4-15(17)13-7-5-6-8-14(13)16(3)10-12-9-11(12)2/h5-8,11-12H,4,9-10H2,1-3H3. The fourth-order valence-corrected chi connectivity index (χ4v) is 2.34. The lowest BCUT2D eigenvalue weighted by Crippen LogP contribution is -2.22. The predicted octanol–water partition coefficient (Wildman–Crippen LogP) is 3.37. The molecule has 2 unspecified atom stereocenters. The maximum Gasteiger partial charge on any atom is 0.164 e. The minimum atomic E-state index is 0.233. The van der Waals surface area contributed by atoms with Crippen LogP contribution in [0, 0.1) is 11.8 Å². The van der Waals surface area contributed by atoms with Gasteiger partial charge in [0.15, 0.2) is 5.78 Å². The van der Waals surface area contributed by atoms with Crippen molar-refractivity contribution in [3.05, 3.63) is 29.8 Å². The van der Waals surface area contributed by atoms with Crippen LogP contribution >= 0.6 is 0 Å². The quantitative estimate of drug-likeness (QED) is 0.724. The van der Waals surface area contributed by atoms with Gasteiger partial charge in [-0.1, -0.05) is 26.0 Å². The van der Waals surface area contributed by atoms with Gasteiger partial charge in [-0.3, -0.25) is 4.79 Å². The Balaban J connectivity index is 2.15. The lowest BCUT2D eigenvalue weighted by atomic mass is 10.1. The molecule has 1 aromatic carbocycles. The second-order valence-electron chi connectivity index (χ2n) is 5.15. The summed E-state index contributed by atoms with van der Waals surface area (Å²) in [5.41, 5.74) is 1.95. The number of carbonyl (C=O) groups excluding carboxylic acids is 1. The molecule has 0 aromatic heterocycles. The second kappa shape index (κ2) is 4.91. The van der Waals surface area contributed by atoms with E-state index in [2.05, 4.69) is 24.9 Å². The molecule has 0 heterocycles. The molecule has 0 N–H and O–H groups in total. The Morgan fingerprint density at radius 3 is 2.65 bits per heavy atom. The fourth-order valence-electron chi connectivity index (χ4n) is 2.34. The minimum absolute atomic E-state index is 0.233. The van der Waals surface area contributed by atoms with Crippen LogP contribution < -0.4 is 4.90 Å². The topological polar surface area (TPSA) is 20.3 Å². The lowest BCUT2D eigenvalue weighted by Gasteiger charge is -2.22. The third-order valence-corrected chi connectivity index (χ3v) is 3.72. The molecule has 2 atom stereocenters. The van der Waals surface area contributed by atoms with Crippen molar-refractivity contribution >= 4 is 11.5 Å². The molecule has 2 nitrogen and oxygen atoms in total. The Labute approximate surface area is 104 Å². The number of hydrogen-bond acceptors (Lipinski definition) is 2. The summed E-state index contributed by atoms with van der Waals surface area (Å²) in [4.78, 5) is 14.1. The molecule has 2 heteroatoms. The van der Waals surface area contributed by atoms with Crippen molar-refractivity contribution in [2.45, 2.75) is 26.7 Å². The van der Waals surface area contributed by atoms with E-state index < -0.39 is 0 Å². The Kier molecular flexibility index (Phi) is 3.51. The smallest absolute Gasteiger partial charge is 0.164 e. The predicted molar refractivity (Wildman–Crippen MR) is 71.6 cm³/mol. The number of nitrogens with zero attached hydrogens (tertiary/aromatic N) is 1. The van der Waals surface area contributed by atoms with Crippen LogP contribution in [0.25, 0.3) is 0 Å². The van der Waals surface area contributed by atoms with Gasteiger partial charge < -0.3 is 4.90 Å². The van der Waals surface area contributed by atoms with Crippen LogP contribution in [0.15, 0.2) is 24.3 Å². The highest BCUT2D eigenvalue weighted by atomic mass is 16.1. The van der Waals surface area contributed by atoms with Crippen molar-refractivity contribution in [2.24, 2.45) is 11.8 Å². The molecule has 0 radical (unpaired) electrons. The van der Waals surface area contributed by atoms with E-state index in [-0.39, 0.29) is 5.78 Å². The monoisotopic (exact) mass is 231 g/mol. The number of para-hydroxylation sites is 1. The van der Waals surface area contributed by atoms with Crippen LogP contribution in [0.1, 0.15) is 37.0 Å². The molecule has 1 saturated carbocycles. The molecule has 2 rings (SSSR count). The van der Waals surface area contributed by atoms with Crippen molar-refractivity contribution in [1.29, 1.82) is 0 Å². The molecule has 1 aliphatic rings. The zero-order valence-electron chi connectivity index (χ0n) is 10.9. The number of ketones is 1. The maximum absolute atomic E-state index is 11.9. The first kappa shape index (κ1) is 12.2. The summed E-state index contributed by atoms with van der Waals surface area (Å²) in [6.45, 7) is 5.28. The van der Waals surface area contributed by atoms with Crippen LogP contribution in [-0.4, -0.2) is 19.4 Å². The Morgan fingerprint density at radius 2 is 2.06 bits per heavy atom. The van der Waals surface area contributed by atoms with Crippen molar-refractivity contribution in [2.75, 3.05) is 18.5 Å². The van der Waals surface area contributed by atoms with Crippen LogP contribution in [0.4, 0.5) is 5.69 Å². The van der Waals surface area contributed by atoms with Crippen LogP contribution in [0.2, 0.25) is 0 Å². The first-order valence-corrected chi connectivity index (χ1v) is 6.46. The molecule has 0 amide bonds. The molecule has 0 spiro atoms. The zero-order chi connectivity index (χ0) is 12.4. The summed E-state index contributed by atoms with van der Waals surface area (Å²) in [6.07, 6.45) is 1.90. The lowest BCUT2D eigenvalue weighted by molar-refractivity contribution is 0.0988. The molecule has 1 aromatic rings. The van der Waals surface area contributed by atoms with Gasteiger partial charge in [0.1, 0.15) is 0 Å². The molecular formula is C15H21NO. The molecule has 1 aliphatic carbocycles. The SMILES string of the molecule is CCC(=O)c1ccccc1N(C)CC1CC1C. The van der Waals surface area contributed by atoms with Crippen molar-refractivity contribution in [1.82, 2.24) is 0 Å². The average molecular weight is 231 g/mol. The van der Waals surface area contributed by atoms with Gasteiger partial charge >= 0.3 is 0 Å². The van der Waals surface area contributed by atoms with E-state index in [1.165, 1.54) is 6.42 Å². The fraction of sp³-hybridized carbons (Fsp3) is 0.533. The van der Waals surface area contributed by atoms with Gasteiger partial charge in [-0.05, 0) is 30.4 Å². The van der Waals surface area contributed by atoms with E-state index in [1.54, 1.807) is 0 Å². The number of carbonyl (C=O) groups is 1. The van der Waals surface area contributed by atoms with Gasteiger partial charge in [-0.25, -0.2) is 0 Å². The summed E-state index contributed by atoms with van der Waals surface area (Å²) in [5.74, 6) is 1.90. The highest BCUT2D eigenvalue weighted by Crippen LogP contribution is 2.39. The molecule has 0 aliphatic heterocycles. The molecule has 0 bridgehead atoms. The molecule has 1 fully saturated rings. The Bertz CT molecular complexity index is 413. The average Bonchev–Trinajstić information content (AvgIpc) is 3.03. The summed E-state index contributed by atoms with van der Waals surface area (Å²) < 4.78 is 0. The highest BCUT2D eigenvalue weighted by Gasteiger charge is 2.33. The third-order valence-electron chi connectivity index (χ3n) is 3.72. The summed E-state index contributed by atoms with van der Waals surface area (Å²) >= 11 is 0. The Hall–Kier alpha value is -1.31. The van der Waals surface area contributed by atoms with Gasteiger partial charge in [0.2, 0.25) is 0 Å². The van der Waals surface area contributed by atoms with Crippen molar-refractivity contribution < 1.29 is 4.79 Å². The van der Waals surface area contributed by atoms with Gasteiger partial charge in [0.05, 0.1) is 0 Å². The number of hydrogen-bond donors (Lipinski definition) is 0. The highest BCUT2D eigenvalue weighted by molar-refractivity contribution is 6.01. The van der Waals surface area contributed by atoms with E-state index in [1.807, 2.05) is 25.1 Å². The third kappa shape index (κ3) is 2.68. The Morgan fingerprint density at radius 1 is 1.41 bits per heavy atom. The van der Waals surface area contributed by atoms with Crippen LogP contribution in [0.5, 0.6) is 0 Å². The first-order chi connectivity index (χ1) is 8.13. The number of benzene rings is 1. The van der Waals surface area contributed by atoms with Crippen LogP contribution in [0.3, 0.4) is 0 Å². The van der Waals surface area contributed by atoms with E-state index >= 15 is 0 Å². The van der Waals surface area contributed by atoms with E-state index in [4.69, 9.17) is 0 Å². The summed E-state index contributed by atoms with van der Waals surface area (Å²) in [7, 11) is 2.09. The van der Waals surface area contributed by atoms with Crippen molar-refractivity contribution in [3.8, 4) is 0 Å². The number of Topliss-reactive ketones (excluding diaryl/α,β-unsaturated/α-hetero) is 1. The van der Waals surface area contributed by atoms with Gasteiger partial charge in [-0.2, -0.15) is 0 Å². The van der Waals surface area contributed by atoms with E-state index in [0.29, 0.717) is 6.42 Å². The van der Waals surface area contributed by atoms with Gasteiger partial charge in [0, 0.05) is 31.3 Å². The number of anilines is 1. The molecule has 17 heavy (non-hydrogen) atoms.